The zero-order valence-electron chi connectivity index (χ0n) is 10.4. The van der Waals surface area contributed by atoms with Crippen LogP contribution in [-0.2, 0) is 0 Å². The van der Waals surface area contributed by atoms with Gasteiger partial charge in [-0.15, -0.1) is 0 Å². The van der Waals surface area contributed by atoms with E-state index in [1.807, 2.05) is 0 Å². The quantitative estimate of drug-likeness (QED) is 0.712. The first-order valence-corrected chi connectivity index (χ1v) is 6.41. The Kier molecular flexibility index (Phi) is 3.36. The fraction of sp³-hybridized carbons (Fsp3) is 0.923. The molecular weight excluding hydrogens is 184 g/mol. The van der Waals surface area contributed by atoms with Crippen LogP contribution in [0.1, 0.15) is 46.5 Å². The number of piperidine rings is 2. The highest BCUT2D eigenvalue weighted by Crippen LogP contribution is 2.30. The van der Waals surface area contributed by atoms with Gasteiger partial charge in [-0.3, -0.25) is 4.90 Å². The molecule has 2 saturated heterocycles. The Labute approximate surface area is 94.4 Å². The molecule has 0 aliphatic carbocycles. The molecule has 1 unspecified atom stereocenters. The minimum Gasteiger partial charge on any atom is -0.313 e. The predicted molar refractivity (Wildman–Crippen MR) is 64.8 cm³/mol. The van der Waals surface area contributed by atoms with E-state index >= 15 is 0 Å². The van der Waals surface area contributed by atoms with Crippen molar-refractivity contribution in [1.82, 2.24) is 10.2 Å². The zero-order chi connectivity index (χ0) is 10.9. The van der Waals surface area contributed by atoms with Gasteiger partial charge in [-0.05, 0) is 52.9 Å². The molecule has 0 spiro atoms. The molecule has 0 aromatic heterocycles. The van der Waals surface area contributed by atoms with E-state index in [4.69, 9.17) is 0 Å². The molecule has 2 fully saturated rings. The number of nitrogens with one attached hydrogen (secondary N) is 1. The summed E-state index contributed by atoms with van der Waals surface area (Å²) in [5.41, 5.74) is 0.404. The molecule has 2 nitrogen and oxygen atoms in total. The van der Waals surface area contributed by atoms with Crippen LogP contribution in [0.25, 0.3) is 0 Å². The van der Waals surface area contributed by atoms with Gasteiger partial charge in [-0.25, -0.2) is 0 Å². The van der Waals surface area contributed by atoms with E-state index < -0.39 is 0 Å². The van der Waals surface area contributed by atoms with Gasteiger partial charge in [0.1, 0.15) is 0 Å². The smallest absolute Gasteiger partial charge is 0.0226 e. The molecule has 2 heteroatoms. The van der Waals surface area contributed by atoms with Crippen molar-refractivity contribution in [2.45, 2.75) is 64.1 Å². The highest BCUT2D eigenvalue weighted by atomic mass is 15.2. The average Bonchev–Trinajstić information content (AvgIpc) is 2.19. The fourth-order valence-electron chi connectivity index (χ4n) is 2.97. The molecule has 1 N–H and O–H groups in total. The number of rotatable bonds is 1. The van der Waals surface area contributed by atoms with Gasteiger partial charge in [0.2, 0.25) is 0 Å². The summed E-state index contributed by atoms with van der Waals surface area (Å²) >= 11 is 0. The number of nitrogens with zero attached hydrogens (tertiary/aromatic N) is 1. The van der Waals surface area contributed by atoms with E-state index in [-0.39, 0.29) is 0 Å². The van der Waals surface area contributed by atoms with Gasteiger partial charge < -0.3 is 5.32 Å². The number of hydrogen-bond acceptors (Lipinski definition) is 2. The number of likely N-dealkylation sites (tertiary alicyclic amines) is 1. The Bertz CT molecular complexity index is 205. The standard InChI is InChI=1S/C13H25N2/c1-11-6-7-12(10-14-11)15-9-5-4-8-13(15,2)3/h5,11-12,14H,4,6-10H2,1-3H3/t11-,12?/m0/s1. The van der Waals surface area contributed by atoms with Gasteiger partial charge in [0.15, 0.2) is 0 Å². The van der Waals surface area contributed by atoms with Crippen LogP contribution < -0.4 is 5.32 Å². The second-order valence-corrected chi connectivity index (χ2v) is 5.83. The summed E-state index contributed by atoms with van der Waals surface area (Å²) in [5.74, 6) is 0. The molecule has 0 aromatic carbocycles. The Morgan fingerprint density at radius 3 is 2.73 bits per heavy atom. The zero-order valence-corrected chi connectivity index (χ0v) is 10.4. The van der Waals surface area contributed by atoms with Gasteiger partial charge in [-0.1, -0.05) is 0 Å². The van der Waals surface area contributed by atoms with Crippen molar-refractivity contribution in [2.24, 2.45) is 0 Å². The lowest BCUT2D eigenvalue weighted by molar-refractivity contribution is 0.0363. The van der Waals surface area contributed by atoms with Gasteiger partial charge in [-0.2, -0.15) is 0 Å². The maximum absolute atomic E-state index is 3.61. The molecule has 0 aromatic rings. The maximum atomic E-state index is 3.61. The predicted octanol–water partition coefficient (Wildman–Crippen LogP) is 2.21. The number of hydrogen-bond donors (Lipinski definition) is 1. The summed E-state index contributed by atoms with van der Waals surface area (Å²) in [6, 6.07) is 1.48. The molecule has 0 saturated carbocycles. The van der Waals surface area contributed by atoms with E-state index in [0.29, 0.717) is 5.54 Å². The monoisotopic (exact) mass is 209 g/mol. The molecule has 2 atom stereocenters. The van der Waals surface area contributed by atoms with E-state index in [9.17, 15) is 0 Å². The van der Waals surface area contributed by atoms with Crippen LogP contribution in [-0.4, -0.2) is 35.6 Å². The first kappa shape index (κ1) is 11.4. The SMILES string of the molecule is C[C@H]1CCC(N2C[CH]CCC2(C)C)CN1. The van der Waals surface area contributed by atoms with E-state index in [0.717, 1.165) is 12.1 Å². The van der Waals surface area contributed by atoms with Gasteiger partial charge in [0.25, 0.3) is 0 Å². The minimum atomic E-state index is 0.404. The third kappa shape index (κ3) is 2.54. The molecule has 2 aliphatic heterocycles. The maximum Gasteiger partial charge on any atom is 0.0226 e. The summed E-state index contributed by atoms with van der Waals surface area (Å²) in [5, 5.41) is 3.61. The topological polar surface area (TPSA) is 15.3 Å². The van der Waals surface area contributed by atoms with Crippen LogP contribution in [0.5, 0.6) is 0 Å². The molecule has 15 heavy (non-hydrogen) atoms. The minimum absolute atomic E-state index is 0.404. The summed E-state index contributed by atoms with van der Waals surface area (Å²) in [4.78, 5) is 2.70. The highest BCUT2D eigenvalue weighted by molar-refractivity contribution is 4.97. The average molecular weight is 209 g/mol. The van der Waals surface area contributed by atoms with Crippen molar-refractivity contribution in [3.63, 3.8) is 0 Å². The molecule has 0 amide bonds. The lowest BCUT2D eigenvalue weighted by atomic mass is 9.86. The van der Waals surface area contributed by atoms with Crippen LogP contribution in [0.15, 0.2) is 0 Å². The van der Waals surface area contributed by atoms with Gasteiger partial charge >= 0.3 is 0 Å². The molecule has 1 radical (unpaired) electrons. The van der Waals surface area contributed by atoms with Crippen LogP contribution in [0.4, 0.5) is 0 Å². The van der Waals surface area contributed by atoms with Crippen LogP contribution in [0.3, 0.4) is 0 Å². The largest absolute Gasteiger partial charge is 0.313 e. The third-order valence-corrected chi connectivity index (χ3v) is 4.14. The van der Waals surface area contributed by atoms with Gasteiger partial charge in [0.05, 0.1) is 0 Å². The summed E-state index contributed by atoms with van der Waals surface area (Å²) in [6.45, 7) is 9.46. The molecule has 87 valence electrons. The molecule has 2 rings (SSSR count). The fourth-order valence-corrected chi connectivity index (χ4v) is 2.97. The van der Waals surface area contributed by atoms with Crippen molar-refractivity contribution in [2.75, 3.05) is 13.1 Å². The van der Waals surface area contributed by atoms with E-state index in [1.54, 1.807) is 0 Å². The van der Waals surface area contributed by atoms with Crippen LogP contribution in [0.2, 0.25) is 0 Å². The first-order chi connectivity index (χ1) is 7.09. The highest BCUT2D eigenvalue weighted by Gasteiger charge is 2.35. The second kappa shape index (κ2) is 4.42. The normalized spacial score (nSPS) is 37.8. The van der Waals surface area contributed by atoms with Crippen LogP contribution >= 0.6 is 0 Å². The van der Waals surface area contributed by atoms with Crippen molar-refractivity contribution in [3.8, 4) is 0 Å². The Morgan fingerprint density at radius 2 is 2.13 bits per heavy atom. The van der Waals surface area contributed by atoms with Crippen molar-refractivity contribution < 1.29 is 0 Å². The lowest BCUT2D eigenvalue weighted by Crippen LogP contribution is -2.58. The molecule has 2 heterocycles. The van der Waals surface area contributed by atoms with Crippen molar-refractivity contribution in [3.05, 3.63) is 6.42 Å². The summed E-state index contributed by atoms with van der Waals surface area (Å²) in [7, 11) is 0. The van der Waals surface area contributed by atoms with E-state index in [2.05, 4.69) is 37.4 Å². The molecular formula is C13H25N2. The van der Waals surface area contributed by atoms with E-state index in [1.165, 1.54) is 38.8 Å². The Balaban J connectivity index is 1.96. The first-order valence-electron chi connectivity index (χ1n) is 6.41. The van der Waals surface area contributed by atoms with Gasteiger partial charge in [0, 0.05) is 30.7 Å². The summed E-state index contributed by atoms with van der Waals surface area (Å²) < 4.78 is 0. The van der Waals surface area contributed by atoms with Crippen LogP contribution in [0, 0.1) is 6.42 Å². The second-order valence-electron chi connectivity index (χ2n) is 5.83. The molecule has 0 bridgehead atoms. The van der Waals surface area contributed by atoms with Crippen molar-refractivity contribution >= 4 is 0 Å². The third-order valence-electron chi connectivity index (χ3n) is 4.14. The lowest BCUT2D eigenvalue weighted by Gasteiger charge is -2.48. The molecule has 2 aliphatic rings. The Hall–Kier alpha value is -0.0800. The Morgan fingerprint density at radius 1 is 1.33 bits per heavy atom. The summed E-state index contributed by atoms with van der Waals surface area (Å²) in [6.07, 6.45) is 7.76. The van der Waals surface area contributed by atoms with Crippen molar-refractivity contribution in [1.29, 1.82) is 0 Å².